The summed E-state index contributed by atoms with van der Waals surface area (Å²) in [5, 5.41) is 15.0. The van der Waals surface area contributed by atoms with Crippen LogP contribution in [0.3, 0.4) is 0 Å². The lowest BCUT2D eigenvalue weighted by molar-refractivity contribution is 0.317. The van der Waals surface area contributed by atoms with Crippen LogP contribution in [0.4, 0.5) is 0 Å². The number of oxime groups is 1. The van der Waals surface area contributed by atoms with E-state index >= 15 is 0 Å². The highest BCUT2D eigenvalue weighted by Crippen LogP contribution is 1.96. The molecule has 1 aromatic heterocycles. The van der Waals surface area contributed by atoms with Crippen molar-refractivity contribution in [1.82, 2.24) is 9.78 Å². The molecule has 0 saturated heterocycles. The number of rotatable bonds is 2. The van der Waals surface area contributed by atoms with Gasteiger partial charge in [-0.3, -0.25) is 4.68 Å². The van der Waals surface area contributed by atoms with Gasteiger partial charge in [-0.25, -0.2) is 0 Å². The summed E-state index contributed by atoms with van der Waals surface area (Å²) < 4.78 is 1.68. The second-order valence-electron chi connectivity index (χ2n) is 2.21. The molecule has 5 nitrogen and oxygen atoms in total. The van der Waals surface area contributed by atoms with Crippen molar-refractivity contribution in [1.29, 1.82) is 0 Å². The average molecular weight is 154 g/mol. The highest BCUT2D eigenvalue weighted by molar-refractivity contribution is 5.81. The fourth-order valence-electron chi connectivity index (χ4n) is 0.796. The molecule has 0 aliphatic rings. The third kappa shape index (κ3) is 1.70. The Bertz CT molecular complexity index is 265. The van der Waals surface area contributed by atoms with Crippen LogP contribution >= 0.6 is 0 Å². The van der Waals surface area contributed by atoms with Crippen LogP contribution in [0.2, 0.25) is 0 Å². The zero-order chi connectivity index (χ0) is 8.27. The molecule has 0 aliphatic heterocycles. The predicted molar refractivity (Wildman–Crippen MR) is 40.3 cm³/mol. The third-order valence-corrected chi connectivity index (χ3v) is 1.41. The highest BCUT2D eigenvalue weighted by Gasteiger charge is 2.00. The SMILES string of the molecule is Cn1nccc1C/C(N)=N/O. The molecule has 0 amide bonds. The molecule has 5 heteroatoms. The summed E-state index contributed by atoms with van der Waals surface area (Å²) in [5.41, 5.74) is 6.21. The molecular weight excluding hydrogens is 144 g/mol. The molecule has 0 fully saturated rings. The van der Waals surface area contributed by atoms with E-state index in [2.05, 4.69) is 10.3 Å². The van der Waals surface area contributed by atoms with E-state index in [0.29, 0.717) is 6.42 Å². The third-order valence-electron chi connectivity index (χ3n) is 1.41. The molecule has 3 N–H and O–H groups in total. The molecule has 0 bridgehead atoms. The monoisotopic (exact) mass is 154 g/mol. The maximum Gasteiger partial charge on any atom is 0.145 e. The van der Waals surface area contributed by atoms with Gasteiger partial charge in [0.05, 0.1) is 6.42 Å². The van der Waals surface area contributed by atoms with Crippen molar-refractivity contribution < 1.29 is 5.21 Å². The Morgan fingerprint density at radius 1 is 1.91 bits per heavy atom. The van der Waals surface area contributed by atoms with Crippen molar-refractivity contribution in [3.8, 4) is 0 Å². The fraction of sp³-hybridized carbons (Fsp3) is 0.333. The molecule has 0 radical (unpaired) electrons. The van der Waals surface area contributed by atoms with Crippen molar-refractivity contribution in [2.45, 2.75) is 6.42 Å². The van der Waals surface area contributed by atoms with Crippen LogP contribution in [-0.4, -0.2) is 20.8 Å². The summed E-state index contributed by atoms with van der Waals surface area (Å²) >= 11 is 0. The molecule has 1 rings (SSSR count). The van der Waals surface area contributed by atoms with Crippen LogP contribution in [0.5, 0.6) is 0 Å². The van der Waals surface area contributed by atoms with Crippen molar-refractivity contribution in [2.75, 3.05) is 0 Å². The van der Waals surface area contributed by atoms with Crippen LogP contribution in [0.25, 0.3) is 0 Å². The lowest BCUT2D eigenvalue weighted by Gasteiger charge is -1.98. The molecule has 0 aromatic carbocycles. The minimum atomic E-state index is 0.189. The Morgan fingerprint density at radius 2 is 2.64 bits per heavy atom. The summed E-state index contributed by atoms with van der Waals surface area (Å²) in [4.78, 5) is 0. The largest absolute Gasteiger partial charge is 0.409 e. The maximum atomic E-state index is 8.26. The zero-order valence-corrected chi connectivity index (χ0v) is 6.23. The summed E-state index contributed by atoms with van der Waals surface area (Å²) in [6.45, 7) is 0. The van der Waals surface area contributed by atoms with Gasteiger partial charge in [0.15, 0.2) is 0 Å². The van der Waals surface area contributed by atoms with Gasteiger partial charge in [0.25, 0.3) is 0 Å². The van der Waals surface area contributed by atoms with E-state index in [4.69, 9.17) is 10.9 Å². The van der Waals surface area contributed by atoms with Gasteiger partial charge in [0.1, 0.15) is 5.84 Å². The van der Waals surface area contributed by atoms with E-state index < -0.39 is 0 Å². The van der Waals surface area contributed by atoms with E-state index in [1.807, 2.05) is 6.07 Å². The number of hydrogen-bond acceptors (Lipinski definition) is 3. The normalized spacial score (nSPS) is 11.9. The van der Waals surface area contributed by atoms with Gasteiger partial charge < -0.3 is 10.9 Å². The Hall–Kier alpha value is -1.52. The lowest BCUT2D eigenvalue weighted by atomic mass is 10.3. The Morgan fingerprint density at radius 3 is 3.09 bits per heavy atom. The maximum absolute atomic E-state index is 8.26. The molecule has 11 heavy (non-hydrogen) atoms. The van der Waals surface area contributed by atoms with Crippen LogP contribution in [-0.2, 0) is 13.5 Å². The number of nitrogens with two attached hydrogens (primary N) is 1. The fourth-order valence-corrected chi connectivity index (χ4v) is 0.796. The standard InChI is InChI=1S/C6H10N4O/c1-10-5(2-3-8-10)4-6(7)9-11/h2-3,11H,4H2,1H3,(H2,7,9). The molecule has 0 unspecified atom stereocenters. The minimum absolute atomic E-state index is 0.189. The second kappa shape index (κ2) is 3.05. The van der Waals surface area contributed by atoms with Crippen LogP contribution in [0, 0.1) is 0 Å². The summed E-state index contributed by atoms with van der Waals surface area (Å²) in [5.74, 6) is 0.189. The predicted octanol–water partition coefficient (Wildman–Crippen LogP) is -0.291. The topological polar surface area (TPSA) is 76.4 Å². The molecule has 1 aromatic rings. The van der Waals surface area contributed by atoms with Crippen LogP contribution < -0.4 is 5.73 Å². The van der Waals surface area contributed by atoms with Gasteiger partial charge in [0, 0.05) is 18.9 Å². The number of aromatic nitrogens is 2. The van der Waals surface area contributed by atoms with E-state index in [1.54, 1.807) is 17.9 Å². The van der Waals surface area contributed by atoms with Crippen molar-refractivity contribution in [3.63, 3.8) is 0 Å². The number of amidine groups is 1. The number of aryl methyl sites for hydroxylation is 1. The summed E-state index contributed by atoms with van der Waals surface area (Å²) in [6.07, 6.45) is 2.09. The van der Waals surface area contributed by atoms with Gasteiger partial charge in [-0.1, -0.05) is 5.16 Å². The molecule has 0 spiro atoms. The Kier molecular flexibility index (Phi) is 2.10. The molecule has 1 heterocycles. The van der Waals surface area contributed by atoms with E-state index in [1.165, 1.54) is 0 Å². The quantitative estimate of drug-likeness (QED) is 0.266. The van der Waals surface area contributed by atoms with Gasteiger partial charge >= 0.3 is 0 Å². The molecular formula is C6H10N4O. The van der Waals surface area contributed by atoms with Gasteiger partial charge in [0.2, 0.25) is 0 Å². The van der Waals surface area contributed by atoms with Gasteiger partial charge in [-0.2, -0.15) is 5.10 Å². The zero-order valence-electron chi connectivity index (χ0n) is 6.23. The first-order valence-electron chi connectivity index (χ1n) is 3.17. The second-order valence-corrected chi connectivity index (χ2v) is 2.21. The van der Waals surface area contributed by atoms with Crippen molar-refractivity contribution >= 4 is 5.84 Å². The Labute approximate surface area is 64.1 Å². The first kappa shape index (κ1) is 7.59. The lowest BCUT2D eigenvalue weighted by Crippen LogP contribution is -2.16. The first-order chi connectivity index (χ1) is 5.24. The molecule has 60 valence electrons. The minimum Gasteiger partial charge on any atom is -0.409 e. The van der Waals surface area contributed by atoms with E-state index in [0.717, 1.165) is 5.69 Å². The van der Waals surface area contributed by atoms with Crippen molar-refractivity contribution in [2.24, 2.45) is 17.9 Å². The van der Waals surface area contributed by atoms with Gasteiger partial charge in [-0.15, -0.1) is 0 Å². The first-order valence-corrected chi connectivity index (χ1v) is 3.17. The summed E-state index contributed by atoms with van der Waals surface area (Å²) in [7, 11) is 1.81. The van der Waals surface area contributed by atoms with Crippen molar-refractivity contribution in [3.05, 3.63) is 18.0 Å². The summed E-state index contributed by atoms with van der Waals surface area (Å²) in [6, 6.07) is 1.82. The van der Waals surface area contributed by atoms with Crippen LogP contribution in [0.1, 0.15) is 5.69 Å². The molecule has 0 saturated carbocycles. The van der Waals surface area contributed by atoms with E-state index in [9.17, 15) is 0 Å². The van der Waals surface area contributed by atoms with Gasteiger partial charge in [-0.05, 0) is 6.07 Å². The average Bonchev–Trinajstić information content (AvgIpc) is 2.37. The van der Waals surface area contributed by atoms with Crippen LogP contribution in [0.15, 0.2) is 17.4 Å². The molecule has 0 aliphatic carbocycles. The number of hydrogen-bond donors (Lipinski definition) is 2. The Balaban J connectivity index is 2.72. The smallest absolute Gasteiger partial charge is 0.145 e. The van der Waals surface area contributed by atoms with E-state index in [-0.39, 0.29) is 5.84 Å². The molecule has 0 atom stereocenters. The number of nitrogens with zero attached hydrogens (tertiary/aromatic N) is 3. The highest BCUT2D eigenvalue weighted by atomic mass is 16.4.